The average Bonchev–Trinajstić information content (AvgIpc) is 2.40. The van der Waals surface area contributed by atoms with Gasteiger partial charge in [-0.3, -0.25) is 9.78 Å². The van der Waals surface area contributed by atoms with E-state index in [0.717, 1.165) is 6.26 Å². The number of sulfone groups is 1. The van der Waals surface area contributed by atoms with Crippen LogP contribution in [0, 0.1) is 0 Å². The molecule has 0 spiro atoms. The van der Waals surface area contributed by atoms with Crippen LogP contribution in [0.15, 0.2) is 47.6 Å². The van der Waals surface area contributed by atoms with E-state index in [-0.39, 0.29) is 15.8 Å². The molecule has 2 rings (SSSR count). The Morgan fingerprint density at radius 1 is 1.20 bits per heavy atom. The van der Waals surface area contributed by atoms with E-state index in [9.17, 15) is 13.2 Å². The van der Waals surface area contributed by atoms with E-state index in [1.165, 1.54) is 30.6 Å². The van der Waals surface area contributed by atoms with Crippen LogP contribution < -0.4 is 5.32 Å². The molecule has 0 fully saturated rings. The van der Waals surface area contributed by atoms with E-state index in [2.05, 4.69) is 10.3 Å². The van der Waals surface area contributed by atoms with Crippen molar-refractivity contribution >= 4 is 33.0 Å². The van der Waals surface area contributed by atoms with Gasteiger partial charge < -0.3 is 5.32 Å². The van der Waals surface area contributed by atoms with Crippen molar-refractivity contribution in [2.75, 3.05) is 11.6 Å². The Morgan fingerprint density at radius 2 is 1.85 bits per heavy atom. The number of rotatable bonds is 3. The lowest BCUT2D eigenvalue weighted by Crippen LogP contribution is -2.12. The summed E-state index contributed by atoms with van der Waals surface area (Å²) in [4.78, 5) is 15.7. The molecule has 0 aliphatic heterocycles. The smallest absolute Gasteiger partial charge is 0.255 e. The Morgan fingerprint density at radius 3 is 2.45 bits per heavy atom. The Kier molecular flexibility index (Phi) is 4.06. The Hall–Kier alpha value is -1.92. The number of nitrogens with zero attached hydrogens (tertiary/aromatic N) is 1. The van der Waals surface area contributed by atoms with Crippen molar-refractivity contribution < 1.29 is 13.2 Å². The number of anilines is 1. The molecule has 0 saturated carbocycles. The highest BCUT2D eigenvalue weighted by atomic mass is 35.5. The maximum atomic E-state index is 11.9. The van der Waals surface area contributed by atoms with Crippen LogP contribution in [0.25, 0.3) is 0 Å². The number of halogens is 1. The summed E-state index contributed by atoms with van der Waals surface area (Å²) in [6.07, 6.45) is 4.06. The lowest BCUT2D eigenvalue weighted by Gasteiger charge is -2.08. The summed E-state index contributed by atoms with van der Waals surface area (Å²) in [5.74, 6) is -0.353. The highest BCUT2D eigenvalue weighted by Crippen LogP contribution is 2.25. The second-order valence-corrected chi connectivity index (χ2v) is 6.50. The van der Waals surface area contributed by atoms with Crippen LogP contribution >= 0.6 is 11.6 Å². The lowest BCUT2D eigenvalue weighted by molar-refractivity contribution is 0.102. The van der Waals surface area contributed by atoms with Gasteiger partial charge in [-0.1, -0.05) is 11.6 Å². The molecule has 2 aromatic rings. The van der Waals surface area contributed by atoms with E-state index >= 15 is 0 Å². The number of hydrogen-bond acceptors (Lipinski definition) is 4. The molecule has 20 heavy (non-hydrogen) atoms. The summed E-state index contributed by atoms with van der Waals surface area (Å²) in [6.45, 7) is 0. The SMILES string of the molecule is CS(=O)(=O)c1cc(NC(=O)c2ccncc2)ccc1Cl. The molecular formula is C13H11ClN2O3S. The second kappa shape index (κ2) is 5.60. The van der Waals surface area contributed by atoms with Crippen LogP contribution in [0.4, 0.5) is 5.69 Å². The number of amides is 1. The van der Waals surface area contributed by atoms with Crippen molar-refractivity contribution in [2.24, 2.45) is 0 Å². The van der Waals surface area contributed by atoms with E-state index in [1.54, 1.807) is 12.1 Å². The molecule has 1 aromatic carbocycles. The van der Waals surface area contributed by atoms with E-state index < -0.39 is 9.84 Å². The summed E-state index contributed by atoms with van der Waals surface area (Å²) in [5.41, 5.74) is 0.785. The highest BCUT2D eigenvalue weighted by molar-refractivity contribution is 7.90. The van der Waals surface area contributed by atoms with Gasteiger partial charge >= 0.3 is 0 Å². The Bertz CT molecular complexity index is 745. The van der Waals surface area contributed by atoms with E-state index in [4.69, 9.17) is 11.6 Å². The first-order valence-electron chi connectivity index (χ1n) is 5.59. The van der Waals surface area contributed by atoms with Gasteiger partial charge in [-0.05, 0) is 30.3 Å². The van der Waals surface area contributed by atoms with Crippen molar-refractivity contribution in [2.45, 2.75) is 4.90 Å². The molecule has 104 valence electrons. The van der Waals surface area contributed by atoms with Crippen LogP contribution in [0.5, 0.6) is 0 Å². The molecule has 1 aromatic heterocycles. The topological polar surface area (TPSA) is 76.1 Å². The number of nitrogens with one attached hydrogen (secondary N) is 1. The molecular weight excluding hydrogens is 300 g/mol. The molecule has 0 unspecified atom stereocenters. The number of benzene rings is 1. The first kappa shape index (κ1) is 14.5. The summed E-state index contributed by atoms with van der Waals surface area (Å²) in [7, 11) is -3.45. The van der Waals surface area contributed by atoms with Crippen molar-refractivity contribution in [3.63, 3.8) is 0 Å². The van der Waals surface area contributed by atoms with Gasteiger partial charge in [0.25, 0.3) is 5.91 Å². The monoisotopic (exact) mass is 310 g/mol. The number of carbonyl (C=O) groups excluding carboxylic acids is 1. The molecule has 1 N–H and O–H groups in total. The summed E-state index contributed by atoms with van der Waals surface area (Å²) < 4.78 is 23.1. The fraction of sp³-hybridized carbons (Fsp3) is 0.0769. The molecule has 7 heteroatoms. The molecule has 0 bridgehead atoms. The van der Waals surface area contributed by atoms with Gasteiger partial charge in [0.1, 0.15) is 0 Å². The number of aromatic nitrogens is 1. The van der Waals surface area contributed by atoms with Crippen LogP contribution in [0.1, 0.15) is 10.4 Å². The van der Waals surface area contributed by atoms with Crippen LogP contribution in [-0.2, 0) is 9.84 Å². The van der Waals surface area contributed by atoms with Crippen molar-refractivity contribution in [3.8, 4) is 0 Å². The van der Waals surface area contributed by atoms with Gasteiger partial charge in [0.2, 0.25) is 0 Å². The van der Waals surface area contributed by atoms with Crippen LogP contribution in [0.2, 0.25) is 5.02 Å². The molecule has 0 radical (unpaired) electrons. The predicted octanol–water partition coefficient (Wildman–Crippen LogP) is 2.39. The van der Waals surface area contributed by atoms with Gasteiger partial charge in [0.05, 0.1) is 9.92 Å². The fourth-order valence-electron chi connectivity index (χ4n) is 1.57. The molecule has 1 amide bonds. The van der Waals surface area contributed by atoms with Gasteiger partial charge in [-0.25, -0.2) is 8.42 Å². The Labute approximate surface area is 121 Å². The van der Waals surface area contributed by atoms with Crippen LogP contribution in [-0.4, -0.2) is 25.6 Å². The van der Waals surface area contributed by atoms with Crippen molar-refractivity contribution in [3.05, 3.63) is 53.3 Å². The number of pyridine rings is 1. The van der Waals surface area contributed by atoms with Gasteiger partial charge in [-0.2, -0.15) is 0 Å². The normalized spacial score (nSPS) is 11.1. The fourth-order valence-corrected chi connectivity index (χ4v) is 2.87. The van der Waals surface area contributed by atoms with Gasteiger partial charge in [0.15, 0.2) is 9.84 Å². The molecule has 1 heterocycles. The largest absolute Gasteiger partial charge is 0.322 e. The summed E-state index contributed by atoms with van der Waals surface area (Å²) >= 11 is 5.83. The Balaban J connectivity index is 2.30. The second-order valence-electron chi connectivity index (χ2n) is 4.11. The lowest BCUT2D eigenvalue weighted by atomic mass is 10.2. The molecule has 0 atom stereocenters. The molecule has 0 aliphatic rings. The third-order valence-electron chi connectivity index (χ3n) is 2.53. The minimum atomic E-state index is -3.45. The predicted molar refractivity (Wildman–Crippen MR) is 76.8 cm³/mol. The van der Waals surface area contributed by atoms with Crippen molar-refractivity contribution in [1.29, 1.82) is 0 Å². The zero-order valence-corrected chi connectivity index (χ0v) is 12.1. The minimum Gasteiger partial charge on any atom is -0.322 e. The maximum Gasteiger partial charge on any atom is 0.255 e. The van der Waals surface area contributed by atoms with Gasteiger partial charge in [-0.15, -0.1) is 0 Å². The zero-order valence-electron chi connectivity index (χ0n) is 10.5. The summed E-state index contributed by atoms with van der Waals surface area (Å²) in [6, 6.07) is 7.42. The maximum absolute atomic E-state index is 11.9. The highest BCUT2D eigenvalue weighted by Gasteiger charge is 2.14. The summed E-state index contributed by atoms with van der Waals surface area (Å²) in [5, 5.41) is 2.73. The van der Waals surface area contributed by atoms with Crippen molar-refractivity contribution in [1.82, 2.24) is 4.98 Å². The molecule has 5 nitrogen and oxygen atoms in total. The standard InChI is InChI=1S/C13H11ClN2O3S/c1-20(18,19)12-8-10(2-3-11(12)14)16-13(17)9-4-6-15-7-5-9/h2-8H,1H3,(H,16,17). The molecule has 0 saturated heterocycles. The third kappa shape index (κ3) is 3.34. The van der Waals surface area contributed by atoms with Gasteiger partial charge in [0, 0.05) is 29.9 Å². The quantitative estimate of drug-likeness (QED) is 0.944. The zero-order chi connectivity index (χ0) is 14.8. The van der Waals surface area contributed by atoms with E-state index in [0.29, 0.717) is 11.3 Å². The number of hydrogen-bond donors (Lipinski definition) is 1. The van der Waals surface area contributed by atoms with E-state index in [1.807, 2.05) is 0 Å². The van der Waals surface area contributed by atoms with Crippen LogP contribution in [0.3, 0.4) is 0 Å². The first-order chi connectivity index (χ1) is 9.38. The average molecular weight is 311 g/mol. The third-order valence-corrected chi connectivity index (χ3v) is 4.11. The number of carbonyl (C=O) groups is 1. The minimum absolute atomic E-state index is 0.0216. The first-order valence-corrected chi connectivity index (χ1v) is 7.86. The molecule has 0 aliphatic carbocycles.